The number of carbonyl (C=O) groups is 1. The first-order chi connectivity index (χ1) is 12.1. The minimum absolute atomic E-state index is 0. The third-order valence-electron chi connectivity index (χ3n) is 4.86. The number of methoxy groups -OCH3 is 1. The first kappa shape index (κ1) is 22.7. The molecule has 0 heterocycles. The van der Waals surface area contributed by atoms with Crippen molar-refractivity contribution in [2.45, 2.75) is 39.2 Å². The molecule has 0 atom stereocenters. The summed E-state index contributed by atoms with van der Waals surface area (Å²) in [5.41, 5.74) is 7.14. The van der Waals surface area contributed by atoms with Crippen LogP contribution in [-0.2, 0) is 11.3 Å². The third kappa shape index (κ3) is 6.75. The van der Waals surface area contributed by atoms with Crippen LogP contribution in [0.5, 0.6) is 0 Å². The van der Waals surface area contributed by atoms with Gasteiger partial charge in [-0.3, -0.25) is 4.79 Å². The van der Waals surface area contributed by atoms with E-state index < -0.39 is 5.91 Å². The van der Waals surface area contributed by atoms with Crippen LogP contribution in [0.1, 0.15) is 48.5 Å². The maximum atomic E-state index is 11.3. The molecule has 0 radical (unpaired) electrons. The average Bonchev–Trinajstić information content (AvgIpc) is 2.58. The van der Waals surface area contributed by atoms with Crippen LogP contribution in [0.4, 0.5) is 0 Å². The summed E-state index contributed by atoms with van der Waals surface area (Å²) in [4.78, 5) is 15.9. The molecular formula is C19H31IN4O2. The molecule has 6 nitrogen and oxygen atoms in total. The number of carbonyl (C=O) groups excluding carboxylic acids is 1. The summed E-state index contributed by atoms with van der Waals surface area (Å²) < 4.78 is 5.25. The van der Waals surface area contributed by atoms with Crippen molar-refractivity contribution < 1.29 is 9.53 Å². The topological polar surface area (TPSA) is 88.7 Å². The molecule has 1 aromatic carbocycles. The summed E-state index contributed by atoms with van der Waals surface area (Å²) in [6, 6.07) is 7.29. The van der Waals surface area contributed by atoms with Crippen LogP contribution in [-0.4, -0.2) is 38.7 Å². The Hall–Kier alpha value is -1.35. The Labute approximate surface area is 173 Å². The fourth-order valence-corrected chi connectivity index (χ4v) is 3.12. The van der Waals surface area contributed by atoms with Gasteiger partial charge in [-0.05, 0) is 49.3 Å². The summed E-state index contributed by atoms with van der Waals surface area (Å²) in [6.45, 7) is 5.06. The van der Waals surface area contributed by atoms with E-state index in [-0.39, 0.29) is 24.0 Å². The van der Waals surface area contributed by atoms with Crippen molar-refractivity contribution >= 4 is 35.8 Å². The SMILES string of the molecule is CCNC(=NCc1cccc(C(N)=O)c1)NCC1(CCOC)CCC1.I. The number of hydrogen-bond donors (Lipinski definition) is 3. The number of aliphatic imine (C=N–C) groups is 1. The Morgan fingerprint density at radius 1 is 1.35 bits per heavy atom. The Morgan fingerprint density at radius 3 is 2.69 bits per heavy atom. The second kappa shape index (κ2) is 11.4. The highest BCUT2D eigenvalue weighted by Crippen LogP contribution is 2.43. The normalized spacial score (nSPS) is 15.5. The molecule has 1 aliphatic rings. The molecule has 0 unspecified atom stereocenters. The van der Waals surface area contributed by atoms with Crippen molar-refractivity contribution in [2.75, 3.05) is 26.8 Å². The van der Waals surface area contributed by atoms with E-state index in [1.165, 1.54) is 19.3 Å². The Balaban J connectivity index is 0.00000338. The lowest BCUT2D eigenvalue weighted by Crippen LogP contribution is -2.46. The number of amides is 1. The Morgan fingerprint density at radius 2 is 2.12 bits per heavy atom. The van der Waals surface area contributed by atoms with Crippen molar-refractivity contribution in [3.63, 3.8) is 0 Å². The lowest BCUT2D eigenvalue weighted by Gasteiger charge is -2.42. The summed E-state index contributed by atoms with van der Waals surface area (Å²) in [5.74, 6) is 0.386. The molecule has 1 fully saturated rings. The smallest absolute Gasteiger partial charge is 0.248 e. The van der Waals surface area contributed by atoms with E-state index in [2.05, 4.69) is 22.5 Å². The van der Waals surface area contributed by atoms with Gasteiger partial charge in [-0.1, -0.05) is 18.6 Å². The largest absolute Gasteiger partial charge is 0.385 e. The van der Waals surface area contributed by atoms with Crippen LogP contribution >= 0.6 is 24.0 Å². The molecule has 0 spiro atoms. The van der Waals surface area contributed by atoms with Gasteiger partial charge in [0.2, 0.25) is 5.91 Å². The van der Waals surface area contributed by atoms with Crippen molar-refractivity contribution in [1.82, 2.24) is 10.6 Å². The van der Waals surface area contributed by atoms with E-state index in [4.69, 9.17) is 10.5 Å². The molecule has 1 amide bonds. The van der Waals surface area contributed by atoms with Gasteiger partial charge in [0.25, 0.3) is 0 Å². The second-order valence-corrected chi connectivity index (χ2v) is 6.71. The van der Waals surface area contributed by atoms with E-state index in [9.17, 15) is 4.79 Å². The number of primary amides is 1. The first-order valence-electron chi connectivity index (χ1n) is 8.98. The number of benzene rings is 1. The molecule has 0 saturated heterocycles. The number of nitrogens with two attached hydrogens (primary N) is 1. The van der Waals surface area contributed by atoms with E-state index in [1.54, 1.807) is 19.2 Å². The quantitative estimate of drug-likeness (QED) is 0.292. The van der Waals surface area contributed by atoms with Gasteiger partial charge in [-0.25, -0.2) is 4.99 Å². The number of nitrogens with one attached hydrogen (secondary N) is 2. The number of ether oxygens (including phenoxy) is 1. The summed E-state index contributed by atoms with van der Waals surface area (Å²) in [5, 5.41) is 6.75. The first-order valence-corrected chi connectivity index (χ1v) is 8.98. The molecule has 146 valence electrons. The highest BCUT2D eigenvalue weighted by atomic mass is 127. The lowest BCUT2D eigenvalue weighted by molar-refractivity contribution is 0.0732. The maximum absolute atomic E-state index is 11.3. The zero-order valence-electron chi connectivity index (χ0n) is 15.7. The van der Waals surface area contributed by atoms with E-state index in [0.717, 1.165) is 37.6 Å². The van der Waals surface area contributed by atoms with Gasteiger partial charge < -0.3 is 21.1 Å². The molecule has 0 aromatic heterocycles. The van der Waals surface area contributed by atoms with Crippen LogP contribution in [0.25, 0.3) is 0 Å². The van der Waals surface area contributed by atoms with Gasteiger partial charge in [-0.2, -0.15) is 0 Å². The molecular weight excluding hydrogens is 443 g/mol. The summed E-state index contributed by atoms with van der Waals surface area (Å²) in [7, 11) is 1.76. The van der Waals surface area contributed by atoms with E-state index in [1.807, 2.05) is 12.1 Å². The number of guanidine groups is 1. The minimum atomic E-state index is -0.416. The van der Waals surface area contributed by atoms with Crippen molar-refractivity contribution in [2.24, 2.45) is 16.1 Å². The Bertz CT molecular complexity index is 603. The fourth-order valence-electron chi connectivity index (χ4n) is 3.12. The molecule has 1 saturated carbocycles. The van der Waals surface area contributed by atoms with Gasteiger partial charge >= 0.3 is 0 Å². The molecule has 1 aliphatic carbocycles. The number of halogens is 1. The van der Waals surface area contributed by atoms with Crippen molar-refractivity contribution in [3.05, 3.63) is 35.4 Å². The lowest BCUT2D eigenvalue weighted by atomic mass is 9.67. The van der Waals surface area contributed by atoms with Gasteiger partial charge in [0, 0.05) is 32.4 Å². The molecule has 2 rings (SSSR count). The number of nitrogens with zero attached hydrogens (tertiary/aromatic N) is 1. The predicted molar refractivity (Wildman–Crippen MR) is 116 cm³/mol. The molecule has 0 aliphatic heterocycles. The van der Waals surface area contributed by atoms with Crippen molar-refractivity contribution in [3.8, 4) is 0 Å². The highest BCUT2D eigenvalue weighted by molar-refractivity contribution is 14.0. The summed E-state index contributed by atoms with van der Waals surface area (Å²) >= 11 is 0. The number of rotatable bonds is 9. The predicted octanol–water partition coefficient (Wildman–Crippen LogP) is 2.67. The van der Waals surface area contributed by atoms with Crippen molar-refractivity contribution in [1.29, 1.82) is 0 Å². The van der Waals surface area contributed by atoms with Crippen LogP contribution in [0.15, 0.2) is 29.3 Å². The average molecular weight is 474 g/mol. The zero-order chi connectivity index (χ0) is 18.1. The monoisotopic (exact) mass is 474 g/mol. The second-order valence-electron chi connectivity index (χ2n) is 6.71. The zero-order valence-corrected chi connectivity index (χ0v) is 18.0. The molecule has 0 bridgehead atoms. The van der Waals surface area contributed by atoms with Gasteiger partial charge in [0.05, 0.1) is 6.54 Å². The van der Waals surface area contributed by atoms with Crippen LogP contribution in [0, 0.1) is 5.41 Å². The highest BCUT2D eigenvalue weighted by Gasteiger charge is 2.36. The van der Waals surface area contributed by atoms with Crippen LogP contribution < -0.4 is 16.4 Å². The molecule has 1 aromatic rings. The van der Waals surface area contributed by atoms with E-state index in [0.29, 0.717) is 17.5 Å². The van der Waals surface area contributed by atoms with Gasteiger partial charge in [-0.15, -0.1) is 24.0 Å². The minimum Gasteiger partial charge on any atom is -0.385 e. The van der Waals surface area contributed by atoms with Crippen LogP contribution in [0.2, 0.25) is 0 Å². The molecule has 7 heteroatoms. The molecule has 26 heavy (non-hydrogen) atoms. The van der Waals surface area contributed by atoms with Crippen LogP contribution in [0.3, 0.4) is 0 Å². The summed E-state index contributed by atoms with van der Waals surface area (Å²) in [6.07, 6.45) is 4.85. The Kier molecular flexibility index (Phi) is 9.93. The van der Waals surface area contributed by atoms with Gasteiger partial charge in [0.15, 0.2) is 5.96 Å². The maximum Gasteiger partial charge on any atom is 0.248 e. The number of hydrogen-bond acceptors (Lipinski definition) is 3. The fraction of sp³-hybridized carbons (Fsp3) is 0.579. The molecule has 4 N–H and O–H groups in total. The van der Waals surface area contributed by atoms with E-state index >= 15 is 0 Å². The van der Waals surface area contributed by atoms with Gasteiger partial charge in [0.1, 0.15) is 0 Å². The standard InChI is InChI=1S/C19H30N4O2.HI/c1-3-21-18(23-14-19(8-5-9-19)10-11-25-2)22-13-15-6-4-7-16(12-15)17(20)24;/h4,6-7,12H,3,5,8-11,13-14H2,1-2H3,(H2,20,24)(H2,21,22,23);1H. The third-order valence-corrected chi connectivity index (χ3v) is 4.86.